The Kier molecular flexibility index (Phi) is 5.06. The van der Waals surface area contributed by atoms with Crippen LogP contribution in [0.2, 0.25) is 5.02 Å². The summed E-state index contributed by atoms with van der Waals surface area (Å²) < 4.78 is 13.3. The van der Waals surface area contributed by atoms with Crippen LogP contribution in [0.4, 0.5) is 10.1 Å². The second-order valence-corrected chi connectivity index (χ2v) is 7.95. The van der Waals surface area contributed by atoms with Crippen LogP contribution in [0.5, 0.6) is 0 Å². The number of amides is 2. The number of pyridine rings is 1. The molecule has 1 N–H and O–H groups in total. The molecule has 1 aromatic heterocycles. The van der Waals surface area contributed by atoms with Gasteiger partial charge in [-0.1, -0.05) is 17.7 Å². The first-order chi connectivity index (χ1) is 13.5. The monoisotopic (exact) mass is 401 g/mol. The van der Waals surface area contributed by atoms with Crippen molar-refractivity contribution in [3.05, 3.63) is 59.1 Å². The fourth-order valence-electron chi connectivity index (χ4n) is 4.29. The number of aromatic nitrogens is 1. The van der Waals surface area contributed by atoms with Crippen LogP contribution < -0.4 is 10.2 Å². The van der Waals surface area contributed by atoms with E-state index in [1.165, 1.54) is 12.1 Å². The highest BCUT2D eigenvalue weighted by molar-refractivity contribution is 6.34. The number of benzene rings is 1. The number of hydrogen-bond donors (Lipinski definition) is 1. The Morgan fingerprint density at radius 2 is 2.00 bits per heavy atom. The fourth-order valence-corrected chi connectivity index (χ4v) is 4.55. The predicted molar refractivity (Wildman–Crippen MR) is 105 cm³/mol. The minimum atomic E-state index is -0.417. The molecule has 1 spiro atoms. The number of nitrogens with one attached hydrogen (secondary N) is 1. The third-order valence-corrected chi connectivity index (χ3v) is 6.19. The largest absolute Gasteiger partial charge is 0.348 e. The van der Waals surface area contributed by atoms with Crippen LogP contribution in [0, 0.1) is 11.2 Å². The lowest BCUT2D eigenvalue weighted by atomic mass is 9.71. The maximum atomic E-state index is 13.3. The molecule has 1 aliphatic heterocycles. The molecule has 2 fully saturated rings. The molecule has 0 bridgehead atoms. The van der Waals surface area contributed by atoms with Crippen molar-refractivity contribution < 1.29 is 14.0 Å². The van der Waals surface area contributed by atoms with Crippen molar-refractivity contribution in [2.45, 2.75) is 38.1 Å². The van der Waals surface area contributed by atoms with Crippen molar-refractivity contribution in [3.63, 3.8) is 0 Å². The number of carbonyl (C=O) groups is 2. The maximum absolute atomic E-state index is 13.3. The van der Waals surface area contributed by atoms with Crippen LogP contribution in [0.1, 0.15) is 42.6 Å². The number of nitrogens with zero attached hydrogens (tertiary/aromatic N) is 2. The average molecular weight is 402 g/mol. The fraction of sp³-hybridized carbons (Fsp3) is 0.381. The number of anilines is 1. The summed E-state index contributed by atoms with van der Waals surface area (Å²) in [4.78, 5) is 31.2. The minimum absolute atomic E-state index is 0.0383. The third-order valence-electron chi connectivity index (χ3n) is 5.89. The van der Waals surface area contributed by atoms with E-state index in [0.29, 0.717) is 30.8 Å². The molecule has 1 aliphatic carbocycles. The molecule has 1 aromatic carbocycles. The van der Waals surface area contributed by atoms with E-state index in [1.807, 2.05) is 0 Å². The Labute approximate surface area is 167 Å². The van der Waals surface area contributed by atoms with Gasteiger partial charge >= 0.3 is 0 Å². The molecule has 0 atom stereocenters. The first-order valence-electron chi connectivity index (χ1n) is 9.47. The smallest absolute Gasteiger partial charge is 0.270 e. The highest BCUT2D eigenvalue weighted by Gasteiger charge is 2.49. The molecule has 2 aliphatic rings. The van der Waals surface area contributed by atoms with Crippen LogP contribution in [0.3, 0.4) is 0 Å². The van der Waals surface area contributed by atoms with Crippen LogP contribution >= 0.6 is 11.6 Å². The molecule has 1 saturated heterocycles. The topological polar surface area (TPSA) is 62.3 Å². The van der Waals surface area contributed by atoms with Gasteiger partial charge < -0.3 is 10.2 Å². The Balaban J connectivity index is 1.40. The summed E-state index contributed by atoms with van der Waals surface area (Å²) in [6, 6.07) is 9.40. The molecule has 2 aromatic rings. The zero-order valence-electron chi connectivity index (χ0n) is 15.3. The summed E-state index contributed by atoms with van der Waals surface area (Å²) in [5.41, 5.74) is 0.552. The van der Waals surface area contributed by atoms with Gasteiger partial charge in [-0.05, 0) is 62.4 Å². The first-order valence-corrected chi connectivity index (χ1v) is 9.85. The van der Waals surface area contributed by atoms with Crippen molar-refractivity contribution in [1.29, 1.82) is 0 Å². The number of hydrogen-bond acceptors (Lipinski definition) is 3. The highest BCUT2D eigenvalue weighted by Crippen LogP contribution is 2.47. The standard InChI is InChI=1S/C21H21ClFN3O2/c22-16-13-14(23)4-5-18(16)26-12-10-21(20(26)28)8-6-15(7-9-21)25-19(27)17-3-1-2-11-24-17/h1-5,11,13,15H,6-10,12H2,(H,25,27). The SMILES string of the molecule is O=C(NC1CCC2(CC1)CCN(c1ccc(F)cc1Cl)C2=O)c1ccccn1. The van der Waals surface area contributed by atoms with Crippen molar-refractivity contribution in [2.75, 3.05) is 11.4 Å². The molecular formula is C21H21ClFN3O2. The lowest BCUT2D eigenvalue weighted by Crippen LogP contribution is -2.44. The quantitative estimate of drug-likeness (QED) is 0.846. The van der Waals surface area contributed by atoms with E-state index in [4.69, 9.17) is 11.6 Å². The summed E-state index contributed by atoms with van der Waals surface area (Å²) in [5.74, 6) is -0.547. The van der Waals surface area contributed by atoms with Crippen molar-refractivity contribution in [2.24, 2.45) is 5.41 Å². The molecule has 146 valence electrons. The zero-order chi connectivity index (χ0) is 19.7. The lowest BCUT2D eigenvalue weighted by Gasteiger charge is -2.36. The second kappa shape index (κ2) is 7.51. The molecular weight excluding hydrogens is 381 g/mol. The van der Waals surface area contributed by atoms with Gasteiger partial charge in [0.1, 0.15) is 11.5 Å². The van der Waals surface area contributed by atoms with Crippen LogP contribution in [0.25, 0.3) is 0 Å². The molecule has 28 heavy (non-hydrogen) atoms. The summed E-state index contributed by atoms with van der Waals surface area (Å²) in [6.45, 7) is 0.579. The van der Waals surface area contributed by atoms with E-state index in [-0.39, 0.29) is 22.9 Å². The van der Waals surface area contributed by atoms with E-state index >= 15 is 0 Å². The molecule has 7 heteroatoms. The molecule has 1 saturated carbocycles. The lowest BCUT2D eigenvalue weighted by molar-refractivity contribution is -0.127. The van der Waals surface area contributed by atoms with E-state index in [2.05, 4.69) is 10.3 Å². The third kappa shape index (κ3) is 3.49. The summed E-state index contributed by atoms with van der Waals surface area (Å²) in [7, 11) is 0. The van der Waals surface area contributed by atoms with Gasteiger partial charge in [0.2, 0.25) is 5.91 Å². The van der Waals surface area contributed by atoms with Gasteiger partial charge in [0.25, 0.3) is 5.91 Å². The van der Waals surface area contributed by atoms with Gasteiger partial charge in [-0.25, -0.2) is 4.39 Å². The summed E-state index contributed by atoms with van der Waals surface area (Å²) >= 11 is 6.15. The predicted octanol–water partition coefficient (Wildman–Crippen LogP) is 3.97. The van der Waals surface area contributed by atoms with Crippen molar-refractivity contribution >= 4 is 29.1 Å². The van der Waals surface area contributed by atoms with E-state index in [0.717, 1.165) is 19.3 Å². The Hall–Kier alpha value is -2.47. The van der Waals surface area contributed by atoms with E-state index < -0.39 is 11.2 Å². The van der Waals surface area contributed by atoms with E-state index in [9.17, 15) is 14.0 Å². The Bertz CT molecular complexity index is 898. The molecule has 5 nitrogen and oxygen atoms in total. The normalized spacial score (nSPS) is 24.6. The Morgan fingerprint density at radius 1 is 1.21 bits per heavy atom. The molecule has 0 unspecified atom stereocenters. The van der Waals surface area contributed by atoms with Crippen LogP contribution in [-0.4, -0.2) is 29.4 Å². The van der Waals surface area contributed by atoms with E-state index in [1.54, 1.807) is 35.4 Å². The average Bonchev–Trinajstić information content (AvgIpc) is 3.01. The van der Waals surface area contributed by atoms with Crippen LogP contribution in [-0.2, 0) is 4.79 Å². The van der Waals surface area contributed by atoms with Crippen molar-refractivity contribution in [3.8, 4) is 0 Å². The molecule has 2 amide bonds. The first kappa shape index (κ1) is 18.9. The maximum Gasteiger partial charge on any atom is 0.270 e. The van der Waals surface area contributed by atoms with Crippen molar-refractivity contribution in [1.82, 2.24) is 10.3 Å². The van der Waals surface area contributed by atoms with Gasteiger partial charge in [0, 0.05) is 18.8 Å². The summed E-state index contributed by atoms with van der Waals surface area (Å²) in [5, 5.41) is 3.28. The highest BCUT2D eigenvalue weighted by atomic mass is 35.5. The van der Waals surface area contributed by atoms with Gasteiger partial charge in [-0.3, -0.25) is 14.6 Å². The molecule has 0 radical (unpaired) electrons. The Morgan fingerprint density at radius 3 is 2.68 bits per heavy atom. The van der Waals surface area contributed by atoms with Gasteiger partial charge in [-0.2, -0.15) is 0 Å². The summed E-state index contributed by atoms with van der Waals surface area (Å²) in [6.07, 6.45) is 5.27. The second-order valence-electron chi connectivity index (χ2n) is 7.55. The van der Waals surface area contributed by atoms with Gasteiger partial charge in [0.15, 0.2) is 0 Å². The van der Waals surface area contributed by atoms with Crippen LogP contribution in [0.15, 0.2) is 42.6 Å². The van der Waals surface area contributed by atoms with Gasteiger partial charge in [-0.15, -0.1) is 0 Å². The number of halogens is 2. The number of carbonyl (C=O) groups excluding carboxylic acids is 2. The zero-order valence-corrected chi connectivity index (χ0v) is 16.1. The molecule has 2 heterocycles. The number of rotatable bonds is 3. The minimum Gasteiger partial charge on any atom is -0.348 e. The molecule has 4 rings (SSSR count). The van der Waals surface area contributed by atoms with Gasteiger partial charge in [0.05, 0.1) is 16.1 Å².